The summed E-state index contributed by atoms with van der Waals surface area (Å²) >= 11 is 0. The number of imide groups is 1. The average molecular weight is 362 g/mol. The second-order valence-corrected chi connectivity index (χ2v) is 6.20. The van der Waals surface area contributed by atoms with Crippen molar-refractivity contribution in [3.8, 4) is 5.75 Å². The lowest BCUT2D eigenvalue weighted by Crippen LogP contribution is -2.41. The molecule has 7 nitrogen and oxygen atoms in total. The summed E-state index contributed by atoms with van der Waals surface area (Å²) in [6.07, 6.45) is 3.49. The Balaban J connectivity index is 1.81. The van der Waals surface area contributed by atoms with Gasteiger partial charge in [-0.25, -0.2) is 9.59 Å². The molecule has 1 fully saturated rings. The van der Waals surface area contributed by atoms with Crippen molar-refractivity contribution in [3.63, 3.8) is 0 Å². The zero-order valence-electron chi connectivity index (χ0n) is 15.3. The van der Waals surface area contributed by atoms with Crippen LogP contribution in [0.1, 0.15) is 49.9 Å². The van der Waals surface area contributed by atoms with Gasteiger partial charge in [0.05, 0.1) is 12.2 Å². The van der Waals surface area contributed by atoms with Gasteiger partial charge >= 0.3 is 12.0 Å². The molecule has 1 aromatic carbocycles. The maximum Gasteiger partial charge on any atom is 0.338 e. The first-order valence-corrected chi connectivity index (χ1v) is 9.06. The van der Waals surface area contributed by atoms with Gasteiger partial charge in [0.15, 0.2) is 6.10 Å². The van der Waals surface area contributed by atoms with Crippen molar-refractivity contribution in [2.75, 3.05) is 19.7 Å². The van der Waals surface area contributed by atoms with E-state index >= 15 is 0 Å². The van der Waals surface area contributed by atoms with Gasteiger partial charge in [0, 0.05) is 13.1 Å². The maximum absolute atomic E-state index is 12.2. The van der Waals surface area contributed by atoms with Gasteiger partial charge < -0.3 is 14.8 Å². The van der Waals surface area contributed by atoms with Gasteiger partial charge in [0.25, 0.3) is 5.91 Å². The van der Waals surface area contributed by atoms with Gasteiger partial charge in [-0.3, -0.25) is 9.69 Å². The van der Waals surface area contributed by atoms with Crippen LogP contribution in [-0.2, 0) is 9.53 Å². The number of unbranched alkanes of at least 4 members (excludes halogenated alkanes) is 3. The fourth-order valence-electron chi connectivity index (χ4n) is 2.59. The van der Waals surface area contributed by atoms with Gasteiger partial charge in [-0.05, 0) is 37.6 Å². The summed E-state index contributed by atoms with van der Waals surface area (Å²) in [7, 11) is 0. The number of rotatable bonds is 9. The van der Waals surface area contributed by atoms with E-state index in [4.69, 9.17) is 9.47 Å². The Bertz CT molecular complexity index is 629. The van der Waals surface area contributed by atoms with Crippen molar-refractivity contribution in [2.45, 2.75) is 45.6 Å². The number of nitrogens with one attached hydrogen (secondary N) is 1. The molecule has 1 heterocycles. The molecule has 26 heavy (non-hydrogen) atoms. The van der Waals surface area contributed by atoms with Gasteiger partial charge in [-0.15, -0.1) is 0 Å². The van der Waals surface area contributed by atoms with Crippen LogP contribution in [0.3, 0.4) is 0 Å². The topological polar surface area (TPSA) is 84.9 Å². The molecular formula is C19H26N2O5. The van der Waals surface area contributed by atoms with Crippen LogP contribution < -0.4 is 10.1 Å². The number of hydrogen-bond acceptors (Lipinski definition) is 5. The summed E-state index contributed by atoms with van der Waals surface area (Å²) in [5, 5.41) is 2.54. The van der Waals surface area contributed by atoms with Crippen molar-refractivity contribution >= 4 is 17.9 Å². The summed E-state index contributed by atoms with van der Waals surface area (Å²) in [6.45, 7) is 4.95. The van der Waals surface area contributed by atoms with Crippen molar-refractivity contribution in [2.24, 2.45) is 0 Å². The van der Waals surface area contributed by atoms with Crippen molar-refractivity contribution in [3.05, 3.63) is 29.8 Å². The molecule has 0 saturated carbocycles. The third-order valence-electron chi connectivity index (χ3n) is 4.11. The second-order valence-electron chi connectivity index (χ2n) is 6.20. The summed E-state index contributed by atoms with van der Waals surface area (Å²) in [5.41, 5.74) is 0.328. The Hall–Kier alpha value is -2.57. The Morgan fingerprint density at radius 2 is 1.92 bits per heavy atom. The van der Waals surface area contributed by atoms with E-state index in [2.05, 4.69) is 12.2 Å². The molecule has 1 aliphatic heterocycles. The molecule has 0 aromatic heterocycles. The molecule has 2 rings (SSSR count). The van der Waals surface area contributed by atoms with E-state index in [1.54, 1.807) is 24.3 Å². The van der Waals surface area contributed by atoms with E-state index in [0.717, 1.165) is 17.7 Å². The molecule has 0 spiro atoms. The maximum atomic E-state index is 12.2. The number of urea groups is 1. The number of carbonyl (C=O) groups is 3. The van der Waals surface area contributed by atoms with Gasteiger partial charge in [-0.2, -0.15) is 0 Å². The molecule has 1 aliphatic rings. The van der Waals surface area contributed by atoms with Crippen LogP contribution in [0.25, 0.3) is 0 Å². The minimum atomic E-state index is -1.03. The van der Waals surface area contributed by atoms with E-state index in [1.165, 1.54) is 19.8 Å². The lowest BCUT2D eigenvalue weighted by molar-refractivity contribution is -0.136. The fraction of sp³-hybridized carbons (Fsp3) is 0.526. The Labute approximate surface area is 153 Å². The van der Waals surface area contributed by atoms with Gasteiger partial charge in [0.2, 0.25) is 0 Å². The highest BCUT2D eigenvalue weighted by Crippen LogP contribution is 2.15. The molecule has 0 aliphatic carbocycles. The number of benzene rings is 1. The van der Waals surface area contributed by atoms with Crippen molar-refractivity contribution in [1.82, 2.24) is 10.2 Å². The standard InChI is InChI=1S/C19H26N2O5/c1-3-4-5-6-13-25-16-9-7-15(8-10-16)18(23)26-14(2)17(22)21-12-11-20-19(21)24/h7-10,14H,3-6,11-13H2,1-2H3,(H,20,24)/t14-/m0/s1. The molecule has 0 bridgehead atoms. The summed E-state index contributed by atoms with van der Waals surface area (Å²) in [4.78, 5) is 36.8. The van der Waals surface area contributed by atoms with E-state index in [0.29, 0.717) is 24.5 Å². The lowest BCUT2D eigenvalue weighted by atomic mass is 10.2. The van der Waals surface area contributed by atoms with Crippen LogP contribution in [0.2, 0.25) is 0 Å². The quantitative estimate of drug-likeness (QED) is 0.539. The molecule has 1 N–H and O–H groups in total. The molecule has 0 radical (unpaired) electrons. The largest absolute Gasteiger partial charge is 0.494 e. The third kappa shape index (κ3) is 5.47. The number of nitrogens with zero attached hydrogens (tertiary/aromatic N) is 1. The van der Waals surface area contributed by atoms with Gasteiger partial charge in [0.1, 0.15) is 5.75 Å². The zero-order valence-corrected chi connectivity index (χ0v) is 15.3. The van der Waals surface area contributed by atoms with Crippen LogP contribution >= 0.6 is 0 Å². The van der Waals surface area contributed by atoms with Gasteiger partial charge in [-0.1, -0.05) is 26.2 Å². The molecule has 1 atom stereocenters. The fourth-order valence-corrected chi connectivity index (χ4v) is 2.59. The molecular weight excluding hydrogens is 336 g/mol. The SMILES string of the molecule is CCCCCCOc1ccc(C(=O)O[C@@H](C)C(=O)N2CCNC2=O)cc1. The summed E-state index contributed by atoms with van der Waals surface area (Å²) in [6, 6.07) is 6.15. The second kappa shape index (κ2) is 9.79. The van der Waals surface area contributed by atoms with Crippen LogP contribution in [0, 0.1) is 0 Å². The van der Waals surface area contributed by atoms with E-state index < -0.39 is 24.0 Å². The molecule has 3 amide bonds. The molecule has 1 saturated heterocycles. The predicted octanol–water partition coefficient (Wildman–Crippen LogP) is 2.74. The molecule has 1 aromatic rings. The highest BCUT2D eigenvalue weighted by atomic mass is 16.5. The number of carbonyl (C=O) groups excluding carboxylic acids is 3. The first-order chi connectivity index (χ1) is 12.5. The van der Waals surface area contributed by atoms with Crippen LogP contribution in [0.5, 0.6) is 5.75 Å². The minimum Gasteiger partial charge on any atom is -0.494 e. The Morgan fingerprint density at radius 3 is 2.54 bits per heavy atom. The molecule has 142 valence electrons. The lowest BCUT2D eigenvalue weighted by Gasteiger charge is -2.18. The Morgan fingerprint density at radius 1 is 1.19 bits per heavy atom. The molecule has 7 heteroatoms. The number of amides is 3. The summed E-state index contributed by atoms with van der Waals surface area (Å²) in [5.74, 6) is -0.448. The smallest absolute Gasteiger partial charge is 0.338 e. The Kier molecular flexibility index (Phi) is 7.44. The highest BCUT2D eigenvalue weighted by Gasteiger charge is 2.31. The first-order valence-electron chi connectivity index (χ1n) is 9.06. The zero-order chi connectivity index (χ0) is 18.9. The number of ether oxygens (including phenoxy) is 2. The van der Waals surface area contributed by atoms with E-state index in [1.807, 2.05) is 0 Å². The predicted molar refractivity (Wildman–Crippen MR) is 96.1 cm³/mol. The normalized spacial score (nSPS) is 14.7. The van der Waals surface area contributed by atoms with E-state index in [-0.39, 0.29) is 6.54 Å². The molecule has 0 unspecified atom stereocenters. The summed E-state index contributed by atoms with van der Waals surface area (Å²) < 4.78 is 10.8. The average Bonchev–Trinajstić information content (AvgIpc) is 3.07. The first kappa shape index (κ1) is 19.8. The van der Waals surface area contributed by atoms with E-state index in [9.17, 15) is 14.4 Å². The van der Waals surface area contributed by atoms with Crippen molar-refractivity contribution in [1.29, 1.82) is 0 Å². The monoisotopic (exact) mass is 362 g/mol. The number of esters is 1. The van der Waals surface area contributed by atoms with Crippen molar-refractivity contribution < 1.29 is 23.9 Å². The minimum absolute atomic E-state index is 0.282. The van der Waals surface area contributed by atoms with Crippen LogP contribution in [-0.4, -0.2) is 48.6 Å². The third-order valence-corrected chi connectivity index (χ3v) is 4.11. The van der Waals surface area contributed by atoms with Crippen LogP contribution in [0.15, 0.2) is 24.3 Å². The van der Waals surface area contributed by atoms with Crippen LogP contribution in [0.4, 0.5) is 4.79 Å². The highest BCUT2D eigenvalue weighted by molar-refractivity contribution is 5.99. The number of hydrogen-bond donors (Lipinski definition) is 1.